The number of benzene rings is 1. The summed E-state index contributed by atoms with van der Waals surface area (Å²) in [5, 5.41) is 10.6. The molecule has 0 aliphatic carbocycles. The Balaban J connectivity index is 2.25. The van der Waals surface area contributed by atoms with Crippen LogP contribution in [-0.2, 0) is 0 Å². The molecule has 0 unspecified atom stereocenters. The number of aromatic amines is 1. The first-order valence-electron chi connectivity index (χ1n) is 5.16. The molecule has 0 fully saturated rings. The summed E-state index contributed by atoms with van der Waals surface area (Å²) in [4.78, 5) is 11.2. The number of halogens is 4. The van der Waals surface area contributed by atoms with E-state index in [1.807, 2.05) is 0 Å². The Bertz CT molecular complexity index is 729. The van der Waals surface area contributed by atoms with E-state index in [-0.39, 0.29) is 15.7 Å². The van der Waals surface area contributed by atoms with Gasteiger partial charge in [-0.3, -0.25) is 10.2 Å². The van der Waals surface area contributed by atoms with E-state index in [2.05, 4.69) is 20.7 Å². The fourth-order valence-electron chi connectivity index (χ4n) is 1.29. The molecule has 9 heteroatoms. The highest BCUT2D eigenvalue weighted by molar-refractivity contribution is 6.45. The molecular formula is C11H6Cl4N4O. The normalized spacial score (nSPS) is 11.0. The van der Waals surface area contributed by atoms with E-state index in [9.17, 15) is 4.79 Å². The largest absolute Gasteiger partial charge is 0.285 e. The second-order valence-corrected chi connectivity index (χ2v) is 5.12. The van der Waals surface area contributed by atoms with Crippen LogP contribution in [0, 0.1) is 0 Å². The summed E-state index contributed by atoms with van der Waals surface area (Å²) in [6.07, 6.45) is 2.69. The number of aromatic nitrogens is 2. The van der Waals surface area contributed by atoms with Gasteiger partial charge >= 0.3 is 0 Å². The molecule has 0 amide bonds. The number of hydrogen-bond donors (Lipinski definition) is 2. The smallest absolute Gasteiger partial charge is 0.275 e. The average molecular weight is 352 g/mol. The lowest BCUT2D eigenvalue weighted by Crippen LogP contribution is -2.10. The van der Waals surface area contributed by atoms with Crippen molar-refractivity contribution in [3.05, 3.63) is 54.3 Å². The maximum Gasteiger partial charge on any atom is 0.285 e. The van der Waals surface area contributed by atoms with Crippen LogP contribution in [0.3, 0.4) is 0 Å². The number of hydrogen-bond acceptors (Lipinski definition) is 4. The molecule has 2 N–H and O–H groups in total. The number of nitrogens with one attached hydrogen (secondary N) is 2. The zero-order valence-corrected chi connectivity index (χ0v) is 12.6. The van der Waals surface area contributed by atoms with Gasteiger partial charge in [-0.15, -0.1) is 0 Å². The van der Waals surface area contributed by atoms with Crippen LogP contribution in [0.25, 0.3) is 0 Å². The second kappa shape index (κ2) is 6.45. The van der Waals surface area contributed by atoms with Crippen LogP contribution in [0.2, 0.25) is 20.1 Å². The molecule has 1 heterocycles. The second-order valence-electron chi connectivity index (χ2n) is 3.55. The average Bonchev–Trinajstić information content (AvgIpc) is 2.43. The number of hydrazone groups is 1. The maximum atomic E-state index is 11.2. The van der Waals surface area contributed by atoms with E-state index < -0.39 is 5.56 Å². The van der Waals surface area contributed by atoms with Gasteiger partial charge in [-0.25, -0.2) is 5.10 Å². The molecule has 0 bridgehead atoms. The third kappa shape index (κ3) is 3.24. The minimum atomic E-state index is -0.523. The third-order valence-corrected chi connectivity index (χ3v) is 3.78. The first-order valence-corrected chi connectivity index (χ1v) is 6.67. The van der Waals surface area contributed by atoms with Crippen molar-refractivity contribution in [3.63, 3.8) is 0 Å². The van der Waals surface area contributed by atoms with Gasteiger partial charge in [0.2, 0.25) is 0 Å². The van der Waals surface area contributed by atoms with Crippen molar-refractivity contribution in [2.24, 2.45) is 5.10 Å². The Labute approximate surface area is 133 Å². The van der Waals surface area contributed by atoms with E-state index >= 15 is 0 Å². The summed E-state index contributed by atoms with van der Waals surface area (Å²) >= 11 is 23.6. The molecule has 104 valence electrons. The van der Waals surface area contributed by atoms with Crippen molar-refractivity contribution in [3.8, 4) is 0 Å². The monoisotopic (exact) mass is 350 g/mol. The van der Waals surface area contributed by atoms with Crippen molar-refractivity contribution in [1.82, 2.24) is 10.2 Å². The molecule has 0 aliphatic rings. The van der Waals surface area contributed by atoms with E-state index in [0.29, 0.717) is 15.6 Å². The quantitative estimate of drug-likeness (QED) is 0.501. The third-order valence-electron chi connectivity index (χ3n) is 2.25. The molecular weight excluding hydrogens is 346 g/mol. The van der Waals surface area contributed by atoms with Gasteiger partial charge < -0.3 is 0 Å². The SMILES string of the molecule is O=c1[nH]ncc(N/N=C\c2c(Cl)ccc(Cl)c2Cl)c1Cl. The Morgan fingerprint density at radius 3 is 2.60 bits per heavy atom. The fraction of sp³-hybridized carbons (Fsp3) is 0. The van der Waals surface area contributed by atoms with Gasteiger partial charge in [-0.1, -0.05) is 46.4 Å². The molecule has 0 spiro atoms. The summed E-state index contributed by atoms with van der Waals surface area (Å²) in [7, 11) is 0. The zero-order valence-electron chi connectivity index (χ0n) is 9.62. The van der Waals surface area contributed by atoms with E-state index in [1.165, 1.54) is 12.4 Å². The predicted molar refractivity (Wildman–Crippen MR) is 82.6 cm³/mol. The lowest BCUT2D eigenvalue weighted by atomic mass is 10.2. The molecule has 0 aliphatic heterocycles. The highest BCUT2D eigenvalue weighted by Gasteiger charge is 2.08. The molecule has 0 radical (unpaired) electrons. The maximum absolute atomic E-state index is 11.2. The topological polar surface area (TPSA) is 70.1 Å². The van der Waals surface area contributed by atoms with Crippen LogP contribution in [0.5, 0.6) is 0 Å². The van der Waals surface area contributed by atoms with E-state index in [0.717, 1.165) is 0 Å². The summed E-state index contributed by atoms with van der Waals surface area (Å²) in [6.45, 7) is 0. The Hall–Kier alpha value is -1.27. The van der Waals surface area contributed by atoms with Crippen LogP contribution in [0.4, 0.5) is 5.69 Å². The lowest BCUT2D eigenvalue weighted by Gasteiger charge is -2.04. The van der Waals surface area contributed by atoms with Gasteiger partial charge in [0.05, 0.1) is 27.5 Å². The van der Waals surface area contributed by atoms with Crippen LogP contribution < -0.4 is 11.0 Å². The van der Waals surface area contributed by atoms with E-state index in [4.69, 9.17) is 46.4 Å². The van der Waals surface area contributed by atoms with Gasteiger partial charge in [-0.05, 0) is 12.1 Å². The highest BCUT2D eigenvalue weighted by Crippen LogP contribution is 2.30. The molecule has 1 aromatic carbocycles. The zero-order chi connectivity index (χ0) is 14.7. The van der Waals surface area contributed by atoms with Gasteiger partial charge in [0.25, 0.3) is 5.56 Å². The van der Waals surface area contributed by atoms with Crippen LogP contribution >= 0.6 is 46.4 Å². The summed E-state index contributed by atoms with van der Waals surface area (Å²) in [6, 6.07) is 3.17. The minimum Gasteiger partial charge on any atom is -0.275 e. The van der Waals surface area contributed by atoms with Crippen molar-refractivity contribution in [1.29, 1.82) is 0 Å². The Morgan fingerprint density at radius 2 is 1.85 bits per heavy atom. The molecule has 0 saturated heterocycles. The van der Waals surface area contributed by atoms with Gasteiger partial charge in [0.15, 0.2) is 0 Å². The van der Waals surface area contributed by atoms with Gasteiger partial charge in [0.1, 0.15) is 10.7 Å². The molecule has 2 rings (SSSR count). The molecule has 5 nitrogen and oxygen atoms in total. The van der Waals surface area contributed by atoms with Gasteiger partial charge in [-0.2, -0.15) is 10.2 Å². The van der Waals surface area contributed by atoms with Crippen molar-refractivity contribution >= 4 is 58.3 Å². The molecule has 0 saturated carbocycles. The standard InChI is InChI=1S/C11H6Cl4N4O/c12-6-1-2-7(13)9(14)5(6)3-16-18-8-4-17-19-11(20)10(8)15/h1-4H,(H2,18,19,20)/b16-3-. The number of nitrogens with zero attached hydrogens (tertiary/aromatic N) is 2. The fourth-order valence-corrected chi connectivity index (χ4v) is 2.06. The molecule has 2 aromatic rings. The number of rotatable bonds is 3. The Kier molecular flexibility index (Phi) is 4.88. The lowest BCUT2D eigenvalue weighted by molar-refractivity contribution is 0.987. The minimum absolute atomic E-state index is 0.0552. The van der Waals surface area contributed by atoms with E-state index in [1.54, 1.807) is 12.1 Å². The summed E-state index contributed by atoms with van der Waals surface area (Å²) < 4.78 is 0. The molecule has 1 aromatic heterocycles. The van der Waals surface area contributed by atoms with Gasteiger partial charge in [0, 0.05) is 5.56 Å². The number of anilines is 1. The number of H-pyrrole nitrogens is 1. The first-order chi connectivity index (χ1) is 9.50. The molecule has 0 atom stereocenters. The summed E-state index contributed by atoms with van der Waals surface area (Å²) in [5.74, 6) is 0. The van der Waals surface area contributed by atoms with Crippen molar-refractivity contribution in [2.45, 2.75) is 0 Å². The van der Waals surface area contributed by atoms with Crippen molar-refractivity contribution < 1.29 is 0 Å². The van der Waals surface area contributed by atoms with Crippen LogP contribution in [-0.4, -0.2) is 16.4 Å². The van der Waals surface area contributed by atoms with Crippen molar-refractivity contribution in [2.75, 3.05) is 5.43 Å². The first kappa shape index (κ1) is 15.1. The van der Waals surface area contributed by atoms with Crippen LogP contribution in [0.15, 0.2) is 28.2 Å². The highest BCUT2D eigenvalue weighted by atomic mass is 35.5. The van der Waals surface area contributed by atoms with Crippen LogP contribution in [0.1, 0.15) is 5.56 Å². The predicted octanol–water partition coefficient (Wildman–Crippen LogP) is 3.83. The molecule has 20 heavy (non-hydrogen) atoms. The Morgan fingerprint density at radius 1 is 1.15 bits per heavy atom. The summed E-state index contributed by atoms with van der Waals surface area (Å²) in [5.41, 5.74) is 2.75.